The van der Waals surface area contributed by atoms with Crippen LogP contribution in [0.25, 0.3) is 0 Å². The van der Waals surface area contributed by atoms with E-state index in [9.17, 15) is 9.59 Å². The van der Waals surface area contributed by atoms with Crippen molar-refractivity contribution < 1.29 is 14.3 Å². The average Bonchev–Trinajstić information content (AvgIpc) is 2.58. The number of hydrogen-bond acceptors (Lipinski definition) is 3. The molecular weight excluding hydrogens is 385 g/mol. The van der Waals surface area contributed by atoms with Gasteiger partial charge < -0.3 is 10.1 Å². The second-order valence-electron chi connectivity index (χ2n) is 5.49. The third kappa shape index (κ3) is 4.46. The Labute approximate surface area is 161 Å². The summed E-state index contributed by atoms with van der Waals surface area (Å²) < 4.78 is 5.49. The highest BCUT2D eigenvalue weighted by Crippen LogP contribution is 2.42. The molecule has 0 radical (unpaired) electrons. The number of amides is 1. The first-order valence-electron chi connectivity index (χ1n) is 7.39. The van der Waals surface area contributed by atoms with Crippen LogP contribution in [0.2, 0.25) is 15.1 Å². The minimum Gasteiger partial charge on any atom is -0.481 e. The van der Waals surface area contributed by atoms with Gasteiger partial charge in [-0.25, -0.2) is 0 Å². The first kappa shape index (κ1) is 19.6. The molecule has 7 heteroatoms. The molecule has 1 N–H and O–H groups in total. The second kappa shape index (κ2) is 8.09. The van der Waals surface area contributed by atoms with Crippen LogP contribution in [0.3, 0.4) is 0 Å². The average molecular weight is 401 g/mol. The SMILES string of the molecule is CC(=O)c1ccc(NC(=O)COc2c(Cl)c(C)c(Cl)c(C)c2Cl)cc1. The van der Waals surface area contributed by atoms with E-state index in [2.05, 4.69) is 5.32 Å². The van der Waals surface area contributed by atoms with E-state index in [0.717, 1.165) is 0 Å². The minimum absolute atomic E-state index is 0.0426. The normalized spacial score (nSPS) is 10.5. The van der Waals surface area contributed by atoms with Gasteiger partial charge in [-0.1, -0.05) is 34.8 Å². The van der Waals surface area contributed by atoms with Gasteiger partial charge in [-0.3, -0.25) is 9.59 Å². The lowest BCUT2D eigenvalue weighted by Gasteiger charge is -2.15. The summed E-state index contributed by atoms with van der Waals surface area (Å²) in [4.78, 5) is 23.3. The fourth-order valence-corrected chi connectivity index (χ4v) is 2.98. The van der Waals surface area contributed by atoms with E-state index in [1.165, 1.54) is 6.92 Å². The Kier molecular flexibility index (Phi) is 6.33. The Morgan fingerprint density at radius 3 is 1.96 bits per heavy atom. The molecule has 2 aromatic carbocycles. The number of carbonyl (C=O) groups is 2. The number of carbonyl (C=O) groups excluding carboxylic acids is 2. The number of nitrogens with one attached hydrogen (secondary N) is 1. The molecule has 2 rings (SSSR count). The molecule has 0 aliphatic carbocycles. The monoisotopic (exact) mass is 399 g/mol. The summed E-state index contributed by atoms with van der Waals surface area (Å²) >= 11 is 18.6. The Morgan fingerprint density at radius 2 is 1.48 bits per heavy atom. The number of rotatable bonds is 5. The van der Waals surface area contributed by atoms with E-state index in [0.29, 0.717) is 27.4 Å². The van der Waals surface area contributed by atoms with E-state index < -0.39 is 0 Å². The quantitative estimate of drug-likeness (QED) is 0.676. The first-order chi connectivity index (χ1) is 11.7. The number of halogens is 3. The molecule has 0 bridgehead atoms. The lowest BCUT2D eigenvalue weighted by atomic mass is 10.1. The molecule has 132 valence electrons. The number of Topliss-reactive ketones (excluding diaryl/α,β-unsaturated/α-hetero) is 1. The topological polar surface area (TPSA) is 55.4 Å². The molecule has 0 saturated heterocycles. The van der Waals surface area contributed by atoms with Crippen LogP contribution in [-0.2, 0) is 4.79 Å². The highest BCUT2D eigenvalue weighted by Gasteiger charge is 2.18. The zero-order valence-corrected chi connectivity index (χ0v) is 16.1. The zero-order valence-electron chi connectivity index (χ0n) is 13.9. The lowest BCUT2D eigenvalue weighted by Crippen LogP contribution is -2.20. The van der Waals surface area contributed by atoms with Crippen molar-refractivity contribution in [2.45, 2.75) is 20.8 Å². The van der Waals surface area contributed by atoms with E-state index in [-0.39, 0.29) is 34.1 Å². The molecule has 0 aliphatic rings. The van der Waals surface area contributed by atoms with Crippen LogP contribution in [0.1, 0.15) is 28.4 Å². The molecule has 4 nitrogen and oxygen atoms in total. The fourth-order valence-electron chi connectivity index (χ4n) is 2.16. The maximum atomic E-state index is 12.0. The third-order valence-electron chi connectivity index (χ3n) is 3.64. The lowest BCUT2D eigenvalue weighted by molar-refractivity contribution is -0.118. The van der Waals surface area contributed by atoms with Gasteiger partial charge >= 0.3 is 0 Å². The van der Waals surface area contributed by atoms with E-state index in [1.54, 1.807) is 38.1 Å². The van der Waals surface area contributed by atoms with Crippen LogP contribution in [-0.4, -0.2) is 18.3 Å². The van der Waals surface area contributed by atoms with Gasteiger partial charge in [-0.2, -0.15) is 0 Å². The summed E-state index contributed by atoms with van der Waals surface area (Å²) in [6.07, 6.45) is 0. The number of hydrogen-bond donors (Lipinski definition) is 1. The van der Waals surface area contributed by atoms with Gasteiger partial charge in [0, 0.05) is 16.3 Å². The van der Waals surface area contributed by atoms with Crippen molar-refractivity contribution >= 4 is 52.2 Å². The largest absolute Gasteiger partial charge is 0.481 e. The molecule has 2 aromatic rings. The predicted molar refractivity (Wildman–Crippen MR) is 102 cm³/mol. The van der Waals surface area contributed by atoms with Crippen LogP contribution >= 0.6 is 34.8 Å². The molecular formula is C18H16Cl3NO3. The molecule has 0 aromatic heterocycles. The molecule has 1 amide bonds. The first-order valence-corrected chi connectivity index (χ1v) is 8.53. The van der Waals surface area contributed by atoms with Crippen molar-refractivity contribution in [2.24, 2.45) is 0 Å². The number of ketones is 1. The van der Waals surface area contributed by atoms with Crippen LogP contribution in [0.15, 0.2) is 24.3 Å². The molecule has 0 atom stereocenters. The van der Waals surface area contributed by atoms with E-state index in [1.807, 2.05) is 0 Å². The van der Waals surface area contributed by atoms with Gasteiger partial charge in [0.2, 0.25) is 0 Å². The van der Waals surface area contributed by atoms with Crippen LogP contribution in [0, 0.1) is 13.8 Å². The standard InChI is InChI=1S/C18H16Cl3NO3/c1-9-15(19)10(2)17(21)18(16(9)20)25-8-14(24)22-13-6-4-12(5-7-13)11(3)23/h4-7H,8H2,1-3H3,(H,22,24). The van der Waals surface area contributed by atoms with Crippen LogP contribution in [0.4, 0.5) is 5.69 Å². The van der Waals surface area contributed by atoms with E-state index in [4.69, 9.17) is 39.5 Å². The Hall–Kier alpha value is -1.75. The van der Waals surface area contributed by atoms with Crippen molar-refractivity contribution in [2.75, 3.05) is 11.9 Å². The molecule has 0 saturated carbocycles. The van der Waals surface area contributed by atoms with Gasteiger partial charge in [0.1, 0.15) is 0 Å². The van der Waals surface area contributed by atoms with Crippen molar-refractivity contribution in [3.8, 4) is 5.75 Å². The molecule has 0 unspecified atom stereocenters. The van der Waals surface area contributed by atoms with Gasteiger partial charge in [-0.15, -0.1) is 0 Å². The summed E-state index contributed by atoms with van der Waals surface area (Å²) in [5.74, 6) is -0.197. The minimum atomic E-state index is -0.382. The van der Waals surface area contributed by atoms with Crippen LogP contribution < -0.4 is 10.1 Å². The van der Waals surface area contributed by atoms with E-state index >= 15 is 0 Å². The highest BCUT2D eigenvalue weighted by atomic mass is 35.5. The Bertz CT molecular complexity index is 803. The highest BCUT2D eigenvalue weighted by molar-refractivity contribution is 6.42. The van der Waals surface area contributed by atoms with Crippen LogP contribution in [0.5, 0.6) is 5.75 Å². The molecule has 25 heavy (non-hydrogen) atoms. The second-order valence-corrected chi connectivity index (χ2v) is 6.63. The van der Waals surface area contributed by atoms with Gasteiger partial charge in [0.15, 0.2) is 18.1 Å². The summed E-state index contributed by atoms with van der Waals surface area (Å²) in [5, 5.41) is 3.69. The van der Waals surface area contributed by atoms with Crippen molar-refractivity contribution in [3.05, 3.63) is 56.0 Å². The summed E-state index contributed by atoms with van der Waals surface area (Å²) in [6.45, 7) is 4.70. The maximum Gasteiger partial charge on any atom is 0.262 e. The fraction of sp³-hybridized carbons (Fsp3) is 0.222. The van der Waals surface area contributed by atoms with Gasteiger partial charge in [0.05, 0.1) is 10.0 Å². The smallest absolute Gasteiger partial charge is 0.262 e. The summed E-state index contributed by atoms with van der Waals surface area (Å²) in [7, 11) is 0. The Morgan fingerprint density at radius 1 is 0.960 bits per heavy atom. The van der Waals surface area contributed by atoms with Crippen molar-refractivity contribution in [1.82, 2.24) is 0 Å². The summed E-state index contributed by atoms with van der Waals surface area (Å²) in [6, 6.07) is 6.56. The third-order valence-corrected chi connectivity index (χ3v) is 5.12. The molecule has 0 spiro atoms. The molecule has 0 fully saturated rings. The van der Waals surface area contributed by atoms with Crippen molar-refractivity contribution in [3.63, 3.8) is 0 Å². The molecule has 0 heterocycles. The summed E-state index contributed by atoms with van der Waals surface area (Å²) in [5.41, 5.74) is 2.40. The Balaban J connectivity index is 2.07. The maximum absolute atomic E-state index is 12.0. The zero-order chi connectivity index (χ0) is 18.7. The van der Waals surface area contributed by atoms with Crippen molar-refractivity contribution in [1.29, 1.82) is 0 Å². The van der Waals surface area contributed by atoms with Gasteiger partial charge in [0.25, 0.3) is 5.91 Å². The molecule has 0 aliphatic heterocycles. The number of ether oxygens (including phenoxy) is 1. The van der Waals surface area contributed by atoms with Gasteiger partial charge in [-0.05, 0) is 56.2 Å². The number of benzene rings is 2. The number of anilines is 1. The predicted octanol–water partition coefficient (Wildman–Crippen LogP) is 5.48.